The third kappa shape index (κ3) is 6.35. The predicted octanol–water partition coefficient (Wildman–Crippen LogP) is 3.30. The van der Waals surface area contributed by atoms with Crippen molar-refractivity contribution in [2.75, 3.05) is 12.3 Å². The summed E-state index contributed by atoms with van der Waals surface area (Å²) in [6.07, 6.45) is 1.13. The molecule has 2 rings (SSSR count). The largest absolute Gasteiger partial charge is 0.356 e. The van der Waals surface area contributed by atoms with Crippen LogP contribution in [0.15, 0.2) is 60.7 Å². The lowest BCUT2D eigenvalue weighted by molar-refractivity contribution is -0.122. The molecule has 1 atom stereocenters. The molecule has 0 bridgehead atoms. The average Bonchev–Trinajstić information content (AvgIpc) is 2.61. The molecule has 5 heteroatoms. The van der Waals surface area contributed by atoms with Gasteiger partial charge in [0.15, 0.2) is 9.84 Å². The van der Waals surface area contributed by atoms with Crippen LogP contribution < -0.4 is 5.32 Å². The van der Waals surface area contributed by atoms with Gasteiger partial charge in [-0.05, 0) is 24.0 Å². The van der Waals surface area contributed by atoms with Gasteiger partial charge in [-0.15, -0.1) is 0 Å². The van der Waals surface area contributed by atoms with Crippen molar-refractivity contribution in [2.24, 2.45) is 0 Å². The highest BCUT2D eigenvalue weighted by atomic mass is 32.2. The number of hydrogen-bond donors (Lipinski definition) is 1. The molecule has 4 nitrogen and oxygen atoms in total. The molecule has 1 unspecified atom stereocenters. The van der Waals surface area contributed by atoms with Crippen LogP contribution in [0.1, 0.15) is 36.8 Å². The molecule has 2 aromatic rings. The van der Waals surface area contributed by atoms with Crippen molar-refractivity contribution in [2.45, 2.75) is 31.4 Å². The van der Waals surface area contributed by atoms with E-state index in [0.717, 1.165) is 11.1 Å². The molecule has 0 aliphatic carbocycles. The number of hydrogen-bond acceptors (Lipinski definition) is 3. The lowest BCUT2D eigenvalue weighted by atomic mass is 9.96. The maximum Gasteiger partial charge on any atom is 0.227 e. The Kier molecular flexibility index (Phi) is 7.19. The molecule has 0 saturated heterocycles. The smallest absolute Gasteiger partial charge is 0.227 e. The van der Waals surface area contributed by atoms with E-state index < -0.39 is 9.84 Å². The minimum absolute atomic E-state index is 0.0450. The van der Waals surface area contributed by atoms with E-state index in [4.69, 9.17) is 0 Å². The Morgan fingerprint density at radius 2 is 1.60 bits per heavy atom. The molecule has 134 valence electrons. The van der Waals surface area contributed by atoms with Crippen LogP contribution in [0.4, 0.5) is 0 Å². The number of nitrogens with one attached hydrogen (secondary N) is 1. The number of rotatable bonds is 9. The third-order valence-electron chi connectivity index (χ3n) is 4.09. The summed E-state index contributed by atoms with van der Waals surface area (Å²) in [4.78, 5) is 12.3. The highest BCUT2D eigenvalue weighted by Crippen LogP contribution is 2.19. The van der Waals surface area contributed by atoms with E-state index in [1.807, 2.05) is 67.6 Å². The molecule has 2 aromatic carbocycles. The molecule has 0 aliphatic heterocycles. The molecule has 0 aromatic heterocycles. The molecule has 0 saturated carbocycles. The predicted molar refractivity (Wildman–Crippen MR) is 101 cm³/mol. The molecular formula is C20H25NO3S. The fourth-order valence-corrected chi connectivity index (χ4v) is 4.21. The number of benzene rings is 2. The number of carbonyl (C=O) groups is 1. The van der Waals surface area contributed by atoms with E-state index in [0.29, 0.717) is 19.4 Å². The normalized spacial score (nSPS) is 12.5. The van der Waals surface area contributed by atoms with E-state index in [2.05, 4.69) is 5.32 Å². The van der Waals surface area contributed by atoms with Crippen molar-refractivity contribution >= 4 is 15.7 Å². The topological polar surface area (TPSA) is 63.2 Å². The highest BCUT2D eigenvalue weighted by molar-refractivity contribution is 7.90. The summed E-state index contributed by atoms with van der Waals surface area (Å²) in [5, 5.41) is 2.87. The number of sulfone groups is 1. The summed E-state index contributed by atoms with van der Waals surface area (Å²) in [5.74, 6) is -0.121. The second kappa shape index (κ2) is 9.37. The standard InChI is InChI=1S/C20H25NO3S/c1-2-19(18-12-7-4-8-13-18)20(22)21-14-9-15-25(23,24)16-17-10-5-3-6-11-17/h3-8,10-13,19H,2,9,14-16H2,1H3,(H,21,22). The van der Waals surface area contributed by atoms with E-state index in [1.54, 1.807) is 0 Å². The van der Waals surface area contributed by atoms with E-state index in [9.17, 15) is 13.2 Å². The minimum atomic E-state index is -3.16. The Labute approximate surface area is 150 Å². The van der Waals surface area contributed by atoms with Crippen molar-refractivity contribution < 1.29 is 13.2 Å². The zero-order valence-electron chi connectivity index (χ0n) is 14.5. The summed E-state index contributed by atoms with van der Waals surface area (Å²) >= 11 is 0. The first-order valence-corrected chi connectivity index (χ1v) is 10.4. The van der Waals surface area contributed by atoms with Gasteiger partial charge < -0.3 is 5.32 Å². The van der Waals surface area contributed by atoms with Gasteiger partial charge in [-0.1, -0.05) is 67.6 Å². The molecule has 0 spiro atoms. The second-order valence-corrected chi connectivity index (χ2v) is 8.28. The number of amides is 1. The SMILES string of the molecule is CCC(C(=O)NCCCS(=O)(=O)Cc1ccccc1)c1ccccc1. The Morgan fingerprint density at radius 1 is 1.00 bits per heavy atom. The van der Waals surface area contributed by atoms with Crippen LogP contribution in [0.3, 0.4) is 0 Å². The van der Waals surface area contributed by atoms with Crippen molar-refractivity contribution in [3.63, 3.8) is 0 Å². The Hall–Kier alpha value is -2.14. The number of carbonyl (C=O) groups excluding carboxylic acids is 1. The zero-order valence-corrected chi connectivity index (χ0v) is 15.3. The van der Waals surface area contributed by atoms with Gasteiger partial charge in [0.2, 0.25) is 5.91 Å². The lowest BCUT2D eigenvalue weighted by Gasteiger charge is -2.15. The second-order valence-electron chi connectivity index (χ2n) is 6.09. The van der Waals surface area contributed by atoms with Gasteiger partial charge in [-0.3, -0.25) is 4.79 Å². The van der Waals surface area contributed by atoms with Crippen LogP contribution in [-0.2, 0) is 20.4 Å². The molecule has 0 fully saturated rings. The summed E-state index contributed by atoms with van der Waals surface area (Å²) in [6.45, 7) is 2.34. The first-order chi connectivity index (χ1) is 12.0. The average molecular weight is 359 g/mol. The van der Waals surface area contributed by atoms with Crippen LogP contribution >= 0.6 is 0 Å². The minimum Gasteiger partial charge on any atom is -0.356 e. The van der Waals surface area contributed by atoms with Crippen molar-refractivity contribution in [3.05, 3.63) is 71.8 Å². The fraction of sp³-hybridized carbons (Fsp3) is 0.350. The van der Waals surface area contributed by atoms with Crippen molar-refractivity contribution in [1.82, 2.24) is 5.32 Å². The van der Waals surface area contributed by atoms with Gasteiger partial charge in [-0.2, -0.15) is 0 Å². The van der Waals surface area contributed by atoms with Crippen LogP contribution in [0.5, 0.6) is 0 Å². The Bertz CT molecular complexity index is 758. The quantitative estimate of drug-likeness (QED) is 0.699. The first kappa shape index (κ1) is 19.2. The third-order valence-corrected chi connectivity index (χ3v) is 5.77. The summed E-state index contributed by atoms with van der Waals surface area (Å²) in [7, 11) is -3.16. The van der Waals surface area contributed by atoms with Gasteiger partial charge in [0, 0.05) is 6.54 Å². The molecule has 1 amide bonds. The Morgan fingerprint density at radius 3 is 2.20 bits per heavy atom. The van der Waals surface area contributed by atoms with Gasteiger partial charge >= 0.3 is 0 Å². The van der Waals surface area contributed by atoms with Crippen LogP contribution in [0.25, 0.3) is 0 Å². The molecule has 0 radical (unpaired) electrons. The van der Waals surface area contributed by atoms with Gasteiger partial charge in [0.25, 0.3) is 0 Å². The van der Waals surface area contributed by atoms with Crippen molar-refractivity contribution in [3.8, 4) is 0 Å². The van der Waals surface area contributed by atoms with E-state index >= 15 is 0 Å². The zero-order chi connectivity index (χ0) is 18.1. The van der Waals surface area contributed by atoms with Gasteiger partial charge in [0.05, 0.1) is 17.4 Å². The van der Waals surface area contributed by atoms with Crippen LogP contribution in [-0.4, -0.2) is 26.6 Å². The summed E-state index contributed by atoms with van der Waals surface area (Å²) < 4.78 is 24.3. The van der Waals surface area contributed by atoms with Gasteiger partial charge in [0.1, 0.15) is 0 Å². The molecule has 1 N–H and O–H groups in total. The van der Waals surface area contributed by atoms with E-state index in [1.165, 1.54) is 0 Å². The summed E-state index contributed by atoms with van der Waals surface area (Å²) in [5.41, 5.74) is 1.78. The molecule has 0 heterocycles. The van der Waals surface area contributed by atoms with Crippen LogP contribution in [0, 0.1) is 0 Å². The fourth-order valence-electron chi connectivity index (χ4n) is 2.79. The molecule has 0 aliphatic rings. The van der Waals surface area contributed by atoms with E-state index in [-0.39, 0.29) is 23.3 Å². The summed E-state index contributed by atoms with van der Waals surface area (Å²) in [6, 6.07) is 18.8. The maximum absolute atomic E-state index is 12.3. The lowest BCUT2D eigenvalue weighted by Crippen LogP contribution is -2.31. The highest BCUT2D eigenvalue weighted by Gasteiger charge is 2.18. The monoisotopic (exact) mass is 359 g/mol. The van der Waals surface area contributed by atoms with Gasteiger partial charge in [-0.25, -0.2) is 8.42 Å². The first-order valence-electron chi connectivity index (χ1n) is 8.59. The van der Waals surface area contributed by atoms with Crippen LogP contribution in [0.2, 0.25) is 0 Å². The maximum atomic E-state index is 12.3. The molecular weight excluding hydrogens is 334 g/mol. The molecule has 25 heavy (non-hydrogen) atoms. The Balaban J connectivity index is 1.79. The van der Waals surface area contributed by atoms with Crippen molar-refractivity contribution in [1.29, 1.82) is 0 Å².